The number of halogens is 2. The summed E-state index contributed by atoms with van der Waals surface area (Å²) >= 11 is 13.8. The van der Waals surface area contributed by atoms with Crippen molar-refractivity contribution in [3.8, 4) is 11.4 Å². The van der Waals surface area contributed by atoms with Gasteiger partial charge in [-0.15, -0.1) is 0 Å². The quantitative estimate of drug-likeness (QED) is 0.934. The molecule has 0 amide bonds. The van der Waals surface area contributed by atoms with Crippen LogP contribution < -0.4 is 5.32 Å². The average Bonchev–Trinajstić information content (AvgIpc) is 3.09. The van der Waals surface area contributed by atoms with Gasteiger partial charge in [0.15, 0.2) is 0 Å². The first-order valence-corrected chi connectivity index (χ1v) is 8.14. The van der Waals surface area contributed by atoms with Gasteiger partial charge in [-0.05, 0) is 25.2 Å². The predicted molar refractivity (Wildman–Crippen MR) is 82.7 cm³/mol. The Labute approximate surface area is 131 Å². The molecule has 1 aromatic carbocycles. The molecule has 0 spiro atoms. The summed E-state index contributed by atoms with van der Waals surface area (Å²) in [5.74, 6) is 3.54. The average molecular weight is 330 g/mol. The van der Waals surface area contributed by atoms with Crippen molar-refractivity contribution < 1.29 is 4.52 Å². The summed E-state index contributed by atoms with van der Waals surface area (Å²) in [5.41, 5.74) is 0.807. The van der Waals surface area contributed by atoms with Gasteiger partial charge >= 0.3 is 0 Å². The van der Waals surface area contributed by atoms with Crippen LogP contribution in [0.2, 0.25) is 10.0 Å². The first-order valence-electron chi connectivity index (χ1n) is 6.23. The minimum Gasteiger partial charge on any atom is -0.339 e. The van der Waals surface area contributed by atoms with Crippen molar-refractivity contribution in [1.82, 2.24) is 15.5 Å². The molecule has 2 aromatic rings. The number of hydrogen-bond donors (Lipinski definition) is 1. The second kappa shape index (κ2) is 5.93. The van der Waals surface area contributed by atoms with Gasteiger partial charge in [0.25, 0.3) is 0 Å². The first-order chi connectivity index (χ1) is 9.69. The van der Waals surface area contributed by atoms with Crippen molar-refractivity contribution >= 4 is 35.0 Å². The van der Waals surface area contributed by atoms with E-state index in [1.54, 1.807) is 12.1 Å². The molecular formula is C13H13Cl2N3OS. The van der Waals surface area contributed by atoms with Crippen LogP contribution in [0, 0.1) is 0 Å². The molecule has 7 heteroatoms. The van der Waals surface area contributed by atoms with Crippen LogP contribution in [0.1, 0.15) is 11.8 Å². The number of aromatic nitrogens is 2. The molecule has 1 saturated heterocycles. The van der Waals surface area contributed by atoms with Gasteiger partial charge in [-0.1, -0.05) is 28.4 Å². The highest BCUT2D eigenvalue weighted by molar-refractivity contribution is 7.99. The number of thioether (sulfide) groups is 1. The molecule has 0 aliphatic carbocycles. The van der Waals surface area contributed by atoms with Crippen LogP contribution in [0.3, 0.4) is 0 Å². The van der Waals surface area contributed by atoms with E-state index in [0.29, 0.717) is 27.8 Å². The molecule has 0 saturated carbocycles. The summed E-state index contributed by atoms with van der Waals surface area (Å²) in [6.45, 7) is 0. The van der Waals surface area contributed by atoms with Gasteiger partial charge < -0.3 is 9.84 Å². The fourth-order valence-corrected chi connectivity index (χ4v) is 3.94. The Balaban J connectivity index is 1.88. The summed E-state index contributed by atoms with van der Waals surface area (Å²) in [6, 6.07) is 5.69. The Morgan fingerprint density at radius 2 is 2.15 bits per heavy atom. The van der Waals surface area contributed by atoms with Crippen LogP contribution in [0.5, 0.6) is 0 Å². The maximum Gasteiger partial charge on any atom is 0.232 e. The summed E-state index contributed by atoms with van der Waals surface area (Å²) in [5, 5.41) is 8.34. The summed E-state index contributed by atoms with van der Waals surface area (Å²) in [7, 11) is 1.96. The van der Waals surface area contributed by atoms with E-state index in [4.69, 9.17) is 27.7 Å². The summed E-state index contributed by atoms with van der Waals surface area (Å²) < 4.78 is 5.41. The van der Waals surface area contributed by atoms with Crippen LogP contribution in [0.15, 0.2) is 22.7 Å². The van der Waals surface area contributed by atoms with E-state index in [1.807, 2.05) is 24.9 Å². The maximum atomic E-state index is 6.01. The van der Waals surface area contributed by atoms with E-state index in [1.165, 1.54) is 0 Å². The Bertz CT molecular complexity index is 619. The van der Waals surface area contributed by atoms with Crippen molar-refractivity contribution in [2.24, 2.45) is 0 Å². The zero-order chi connectivity index (χ0) is 14.1. The van der Waals surface area contributed by atoms with Crippen LogP contribution >= 0.6 is 35.0 Å². The Hall–Kier alpha value is -0.750. The van der Waals surface area contributed by atoms with E-state index in [2.05, 4.69) is 15.5 Å². The van der Waals surface area contributed by atoms with Crippen molar-refractivity contribution in [1.29, 1.82) is 0 Å². The minimum atomic E-state index is 0.258. The SMILES string of the molecule is CNC1CSCC1c1nc(-c2ccc(Cl)c(Cl)c2)no1. The molecule has 0 bridgehead atoms. The van der Waals surface area contributed by atoms with Crippen molar-refractivity contribution in [3.05, 3.63) is 34.1 Å². The van der Waals surface area contributed by atoms with Crippen LogP contribution in [-0.2, 0) is 0 Å². The van der Waals surface area contributed by atoms with Gasteiger partial charge in [-0.25, -0.2) is 0 Å². The third-order valence-corrected chi connectivity index (χ3v) is 5.32. The third-order valence-electron chi connectivity index (χ3n) is 3.39. The fourth-order valence-electron chi connectivity index (χ4n) is 2.22. The van der Waals surface area contributed by atoms with E-state index in [-0.39, 0.29) is 5.92 Å². The molecule has 3 rings (SSSR count). The molecule has 4 nitrogen and oxygen atoms in total. The van der Waals surface area contributed by atoms with Crippen molar-refractivity contribution in [2.45, 2.75) is 12.0 Å². The van der Waals surface area contributed by atoms with E-state index in [0.717, 1.165) is 17.1 Å². The van der Waals surface area contributed by atoms with Gasteiger partial charge in [-0.3, -0.25) is 0 Å². The molecule has 0 radical (unpaired) electrons. The van der Waals surface area contributed by atoms with E-state index < -0.39 is 0 Å². The molecule has 2 unspecified atom stereocenters. The molecule has 1 aromatic heterocycles. The highest BCUT2D eigenvalue weighted by Crippen LogP contribution is 2.33. The lowest BCUT2D eigenvalue weighted by Crippen LogP contribution is -2.31. The third kappa shape index (κ3) is 2.68. The lowest BCUT2D eigenvalue weighted by atomic mass is 10.0. The van der Waals surface area contributed by atoms with Crippen LogP contribution in [0.4, 0.5) is 0 Å². The molecule has 2 atom stereocenters. The molecule has 1 aliphatic heterocycles. The number of rotatable bonds is 3. The smallest absolute Gasteiger partial charge is 0.232 e. The monoisotopic (exact) mass is 329 g/mol. The number of nitrogens with zero attached hydrogens (tertiary/aromatic N) is 2. The number of nitrogens with one attached hydrogen (secondary N) is 1. The van der Waals surface area contributed by atoms with Gasteiger partial charge in [0.1, 0.15) is 0 Å². The standard InChI is InChI=1S/C13H13Cl2N3OS/c1-16-11-6-20-5-8(11)13-17-12(18-19-13)7-2-3-9(14)10(15)4-7/h2-4,8,11,16H,5-6H2,1H3. The first kappa shape index (κ1) is 14.2. The zero-order valence-electron chi connectivity index (χ0n) is 10.8. The number of hydrogen-bond acceptors (Lipinski definition) is 5. The zero-order valence-corrected chi connectivity index (χ0v) is 13.1. The Kier molecular flexibility index (Phi) is 4.21. The highest BCUT2D eigenvalue weighted by atomic mass is 35.5. The summed E-state index contributed by atoms with van der Waals surface area (Å²) in [6.07, 6.45) is 0. The van der Waals surface area contributed by atoms with Crippen LogP contribution in [-0.4, -0.2) is 34.7 Å². The normalized spacial score (nSPS) is 22.4. The summed E-state index contributed by atoms with van der Waals surface area (Å²) in [4.78, 5) is 4.50. The van der Waals surface area contributed by atoms with E-state index in [9.17, 15) is 0 Å². The lowest BCUT2D eigenvalue weighted by molar-refractivity contribution is 0.344. The molecule has 20 heavy (non-hydrogen) atoms. The topological polar surface area (TPSA) is 51.0 Å². The van der Waals surface area contributed by atoms with Gasteiger partial charge in [0.2, 0.25) is 11.7 Å². The number of benzene rings is 1. The minimum absolute atomic E-state index is 0.258. The molecule has 1 fully saturated rings. The lowest BCUT2D eigenvalue weighted by Gasteiger charge is -2.13. The van der Waals surface area contributed by atoms with Crippen LogP contribution in [0.25, 0.3) is 11.4 Å². The molecule has 2 heterocycles. The van der Waals surface area contributed by atoms with Crippen molar-refractivity contribution in [2.75, 3.05) is 18.6 Å². The van der Waals surface area contributed by atoms with Gasteiger partial charge in [-0.2, -0.15) is 16.7 Å². The van der Waals surface area contributed by atoms with Crippen molar-refractivity contribution in [3.63, 3.8) is 0 Å². The molecule has 1 aliphatic rings. The number of likely N-dealkylation sites (N-methyl/N-ethyl adjacent to an activating group) is 1. The largest absolute Gasteiger partial charge is 0.339 e. The van der Waals surface area contributed by atoms with E-state index >= 15 is 0 Å². The second-order valence-corrected chi connectivity index (χ2v) is 6.51. The highest BCUT2D eigenvalue weighted by Gasteiger charge is 2.32. The predicted octanol–water partition coefficient (Wildman–Crippen LogP) is 3.46. The van der Waals surface area contributed by atoms with Gasteiger partial charge in [0.05, 0.1) is 16.0 Å². The fraction of sp³-hybridized carbons (Fsp3) is 0.385. The molecule has 1 N–H and O–H groups in total. The maximum absolute atomic E-state index is 6.01. The molecule has 106 valence electrons. The molecular weight excluding hydrogens is 317 g/mol. The Morgan fingerprint density at radius 3 is 2.90 bits per heavy atom. The van der Waals surface area contributed by atoms with Gasteiger partial charge in [0, 0.05) is 23.1 Å². The second-order valence-electron chi connectivity index (χ2n) is 4.62. The Morgan fingerprint density at radius 1 is 1.30 bits per heavy atom.